The predicted molar refractivity (Wildman–Crippen MR) is 130 cm³/mol. The van der Waals surface area contributed by atoms with Crippen LogP contribution < -0.4 is 15.5 Å². The normalized spacial score (nSPS) is 18.7. The first kappa shape index (κ1) is 25.5. The van der Waals surface area contributed by atoms with E-state index >= 15 is 0 Å². The van der Waals surface area contributed by atoms with E-state index in [1.54, 1.807) is 19.0 Å². The van der Waals surface area contributed by atoms with E-state index in [4.69, 9.17) is 4.74 Å². The number of benzene rings is 1. The number of halogens is 1. The van der Waals surface area contributed by atoms with Crippen LogP contribution >= 0.6 is 24.0 Å². The molecule has 0 spiro atoms. The van der Waals surface area contributed by atoms with Gasteiger partial charge in [0.25, 0.3) is 0 Å². The SMILES string of the molecule is CN(C)C(=O)CN=C(NCCCN(C)c1ccccc1)NCC1(C)CCCO1.I. The number of anilines is 1. The zero-order chi connectivity index (χ0) is 20.4. The van der Waals surface area contributed by atoms with Gasteiger partial charge in [0.2, 0.25) is 5.91 Å². The van der Waals surface area contributed by atoms with Crippen LogP contribution in [-0.2, 0) is 9.53 Å². The fourth-order valence-corrected chi connectivity index (χ4v) is 3.04. The van der Waals surface area contributed by atoms with Crippen LogP contribution in [0.15, 0.2) is 35.3 Å². The third kappa shape index (κ3) is 9.20. The Morgan fingerprint density at radius 3 is 2.55 bits per heavy atom. The second-order valence-electron chi connectivity index (χ2n) is 7.75. The van der Waals surface area contributed by atoms with Gasteiger partial charge in [-0.25, -0.2) is 4.99 Å². The van der Waals surface area contributed by atoms with Crippen LogP contribution in [-0.4, -0.2) is 76.3 Å². The van der Waals surface area contributed by atoms with Crippen LogP contribution in [0.1, 0.15) is 26.2 Å². The smallest absolute Gasteiger partial charge is 0.243 e. The first-order valence-corrected chi connectivity index (χ1v) is 10.0. The summed E-state index contributed by atoms with van der Waals surface area (Å²) in [6.45, 7) is 5.44. The summed E-state index contributed by atoms with van der Waals surface area (Å²) in [5, 5.41) is 6.69. The largest absolute Gasteiger partial charge is 0.375 e. The number of hydrogen-bond acceptors (Lipinski definition) is 4. The third-order valence-corrected chi connectivity index (χ3v) is 4.96. The number of carbonyl (C=O) groups is 1. The molecular formula is C21H36IN5O2. The highest BCUT2D eigenvalue weighted by Crippen LogP contribution is 2.23. The number of hydrogen-bond donors (Lipinski definition) is 2. The van der Waals surface area contributed by atoms with Crippen molar-refractivity contribution in [3.63, 3.8) is 0 Å². The van der Waals surface area contributed by atoms with Crippen molar-refractivity contribution in [2.75, 3.05) is 58.8 Å². The van der Waals surface area contributed by atoms with Gasteiger partial charge in [-0.2, -0.15) is 0 Å². The molecule has 1 aliphatic heterocycles. The highest BCUT2D eigenvalue weighted by atomic mass is 127. The molecule has 29 heavy (non-hydrogen) atoms. The number of likely N-dealkylation sites (N-methyl/N-ethyl adjacent to an activating group) is 1. The van der Waals surface area contributed by atoms with Crippen LogP contribution in [0.4, 0.5) is 5.69 Å². The van der Waals surface area contributed by atoms with E-state index < -0.39 is 0 Å². The van der Waals surface area contributed by atoms with Crippen LogP contribution in [0.3, 0.4) is 0 Å². The number of para-hydroxylation sites is 1. The first-order valence-electron chi connectivity index (χ1n) is 10.0. The molecule has 164 valence electrons. The van der Waals surface area contributed by atoms with Gasteiger partial charge < -0.3 is 25.2 Å². The molecule has 1 heterocycles. The Labute approximate surface area is 192 Å². The predicted octanol–water partition coefficient (Wildman–Crippen LogP) is 2.32. The summed E-state index contributed by atoms with van der Waals surface area (Å²) in [6, 6.07) is 10.3. The lowest BCUT2D eigenvalue weighted by Gasteiger charge is -2.25. The van der Waals surface area contributed by atoms with E-state index in [2.05, 4.69) is 46.6 Å². The van der Waals surface area contributed by atoms with Crippen molar-refractivity contribution >= 4 is 41.5 Å². The zero-order valence-corrected chi connectivity index (χ0v) is 20.4. The van der Waals surface area contributed by atoms with Crippen molar-refractivity contribution in [1.29, 1.82) is 0 Å². The van der Waals surface area contributed by atoms with E-state index in [1.165, 1.54) is 5.69 Å². The van der Waals surface area contributed by atoms with Crippen molar-refractivity contribution in [1.82, 2.24) is 15.5 Å². The maximum Gasteiger partial charge on any atom is 0.243 e. The molecule has 2 N–H and O–H groups in total. The number of carbonyl (C=O) groups excluding carboxylic acids is 1. The first-order chi connectivity index (χ1) is 13.4. The van der Waals surface area contributed by atoms with Gasteiger partial charge in [0, 0.05) is 53.1 Å². The topological polar surface area (TPSA) is 69.2 Å². The molecule has 0 aromatic heterocycles. The van der Waals surface area contributed by atoms with Crippen molar-refractivity contribution in [2.24, 2.45) is 4.99 Å². The van der Waals surface area contributed by atoms with E-state index in [0.717, 1.165) is 39.0 Å². The average molecular weight is 517 g/mol. The van der Waals surface area contributed by atoms with E-state index in [9.17, 15) is 4.79 Å². The Bertz CT molecular complexity index is 633. The van der Waals surface area contributed by atoms with Crippen LogP contribution in [0.25, 0.3) is 0 Å². The lowest BCUT2D eigenvalue weighted by molar-refractivity contribution is -0.127. The third-order valence-electron chi connectivity index (χ3n) is 4.96. The summed E-state index contributed by atoms with van der Waals surface area (Å²) in [6.07, 6.45) is 3.08. The summed E-state index contributed by atoms with van der Waals surface area (Å²) in [4.78, 5) is 20.1. The number of amides is 1. The Morgan fingerprint density at radius 2 is 1.93 bits per heavy atom. The lowest BCUT2D eigenvalue weighted by Crippen LogP contribution is -2.46. The summed E-state index contributed by atoms with van der Waals surface area (Å²) < 4.78 is 5.83. The quantitative estimate of drug-likeness (QED) is 0.228. The fourth-order valence-electron chi connectivity index (χ4n) is 3.04. The van der Waals surface area contributed by atoms with E-state index in [0.29, 0.717) is 12.5 Å². The standard InChI is InChI=1S/C21H35N5O2.HI/c1-21(12-8-15-28-21)17-24-20(23-16-19(27)25(2)3)22-13-9-14-26(4)18-10-6-5-7-11-18;/h5-7,10-11H,8-9,12-17H2,1-4H3,(H2,22,23,24);1H. The van der Waals surface area contributed by atoms with Gasteiger partial charge in [-0.15, -0.1) is 24.0 Å². The molecular weight excluding hydrogens is 481 g/mol. The Kier molecular flexibility index (Phi) is 11.3. The molecule has 8 heteroatoms. The van der Waals surface area contributed by atoms with Gasteiger partial charge in [-0.1, -0.05) is 18.2 Å². The van der Waals surface area contributed by atoms with Crippen molar-refractivity contribution < 1.29 is 9.53 Å². The summed E-state index contributed by atoms with van der Waals surface area (Å²) in [5.74, 6) is 0.641. The van der Waals surface area contributed by atoms with Gasteiger partial charge in [-0.05, 0) is 38.3 Å². The van der Waals surface area contributed by atoms with Crippen LogP contribution in [0.2, 0.25) is 0 Å². The molecule has 1 fully saturated rings. The minimum absolute atomic E-state index is 0. The average Bonchev–Trinajstić information content (AvgIpc) is 3.13. The van der Waals surface area contributed by atoms with Gasteiger partial charge in [-0.3, -0.25) is 4.79 Å². The molecule has 1 unspecified atom stereocenters. The summed E-state index contributed by atoms with van der Waals surface area (Å²) >= 11 is 0. The Morgan fingerprint density at radius 1 is 1.21 bits per heavy atom. The van der Waals surface area contributed by atoms with E-state index in [1.807, 2.05) is 18.2 Å². The molecule has 0 aliphatic carbocycles. The number of nitrogens with zero attached hydrogens (tertiary/aromatic N) is 3. The molecule has 1 amide bonds. The number of ether oxygens (including phenoxy) is 1. The molecule has 1 atom stereocenters. The highest BCUT2D eigenvalue weighted by molar-refractivity contribution is 14.0. The molecule has 1 aliphatic rings. The molecule has 7 nitrogen and oxygen atoms in total. The van der Waals surface area contributed by atoms with Gasteiger partial charge in [0.05, 0.1) is 5.60 Å². The molecule has 1 saturated heterocycles. The fraction of sp³-hybridized carbons (Fsp3) is 0.619. The Hall–Kier alpha value is -1.55. The Balaban J connectivity index is 0.00000420. The van der Waals surface area contributed by atoms with Gasteiger partial charge in [0.15, 0.2) is 5.96 Å². The maximum absolute atomic E-state index is 11.9. The highest BCUT2D eigenvalue weighted by Gasteiger charge is 2.29. The maximum atomic E-state index is 11.9. The van der Waals surface area contributed by atoms with Crippen molar-refractivity contribution in [2.45, 2.75) is 31.8 Å². The van der Waals surface area contributed by atoms with Crippen LogP contribution in [0, 0.1) is 0 Å². The monoisotopic (exact) mass is 517 g/mol. The molecule has 2 rings (SSSR count). The van der Waals surface area contributed by atoms with E-state index in [-0.39, 0.29) is 42.0 Å². The number of aliphatic imine (C=N–C) groups is 1. The minimum Gasteiger partial charge on any atom is -0.375 e. The molecule has 0 bridgehead atoms. The zero-order valence-electron chi connectivity index (χ0n) is 18.1. The minimum atomic E-state index is -0.165. The second kappa shape index (κ2) is 12.9. The van der Waals surface area contributed by atoms with Crippen molar-refractivity contribution in [3.8, 4) is 0 Å². The summed E-state index contributed by atoms with van der Waals surface area (Å²) in [7, 11) is 5.58. The molecule has 0 radical (unpaired) electrons. The lowest BCUT2D eigenvalue weighted by atomic mass is 10.0. The van der Waals surface area contributed by atoms with Gasteiger partial charge >= 0.3 is 0 Å². The van der Waals surface area contributed by atoms with Crippen molar-refractivity contribution in [3.05, 3.63) is 30.3 Å². The number of rotatable bonds is 9. The summed E-state index contributed by atoms with van der Waals surface area (Å²) in [5.41, 5.74) is 1.04. The number of nitrogens with one attached hydrogen (secondary N) is 2. The van der Waals surface area contributed by atoms with Gasteiger partial charge in [0.1, 0.15) is 6.54 Å². The number of guanidine groups is 1. The second-order valence-corrected chi connectivity index (χ2v) is 7.75. The van der Waals surface area contributed by atoms with Crippen LogP contribution in [0.5, 0.6) is 0 Å². The molecule has 0 saturated carbocycles. The molecule has 1 aromatic carbocycles. The molecule has 1 aromatic rings.